The molecule has 0 aliphatic rings. The molecule has 0 amide bonds. The van der Waals surface area contributed by atoms with Gasteiger partial charge in [0.25, 0.3) is 0 Å². The largest absolute Gasteiger partial charge is 0.326 e. The summed E-state index contributed by atoms with van der Waals surface area (Å²) in [5.41, 5.74) is 7.75. The van der Waals surface area contributed by atoms with E-state index >= 15 is 0 Å². The van der Waals surface area contributed by atoms with E-state index in [4.69, 9.17) is 5.73 Å². The van der Waals surface area contributed by atoms with Gasteiger partial charge in [-0.15, -0.1) is 0 Å². The van der Waals surface area contributed by atoms with Gasteiger partial charge in [0.05, 0.1) is 0 Å². The quantitative estimate of drug-likeness (QED) is 0.644. The summed E-state index contributed by atoms with van der Waals surface area (Å²) in [4.78, 5) is 2.47. The lowest BCUT2D eigenvalue weighted by molar-refractivity contribution is 0.0843. The second kappa shape index (κ2) is 7.08. The van der Waals surface area contributed by atoms with Crippen LogP contribution in [0.5, 0.6) is 0 Å². The minimum absolute atomic E-state index is 0.0988. The third-order valence-corrected chi connectivity index (χ3v) is 4.01. The van der Waals surface area contributed by atoms with Gasteiger partial charge in [0.15, 0.2) is 0 Å². The Bertz CT molecular complexity index is 209. The highest BCUT2D eigenvalue weighted by Crippen LogP contribution is 2.26. The lowest BCUT2D eigenvalue weighted by Gasteiger charge is -2.44. The first-order valence-corrected chi connectivity index (χ1v) is 6.63. The second-order valence-corrected chi connectivity index (χ2v) is 4.80. The molecule has 0 aliphatic heterocycles. The molecular formula is C14H30N2. The molecule has 0 heterocycles. The molecule has 2 unspecified atom stereocenters. The zero-order valence-corrected chi connectivity index (χ0v) is 11.8. The Hall–Kier alpha value is -0.340. The summed E-state index contributed by atoms with van der Waals surface area (Å²) in [7, 11) is 0. The summed E-state index contributed by atoms with van der Waals surface area (Å²) in [6.07, 6.45) is 3.07. The molecular weight excluding hydrogens is 196 g/mol. The normalized spacial score (nSPS) is 17.2. The van der Waals surface area contributed by atoms with Gasteiger partial charge in [-0.25, -0.2) is 0 Å². The van der Waals surface area contributed by atoms with E-state index in [9.17, 15) is 0 Å². The minimum Gasteiger partial charge on any atom is -0.326 e. The first kappa shape index (κ1) is 15.7. The van der Waals surface area contributed by atoms with Crippen LogP contribution in [0.3, 0.4) is 0 Å². The zero-order chi connectivity index (χ0) is 12.8. The summed E-state index contributed by atoms with van der Waals surface area (Å²) in [5, 5.41) is 0. The van der Waals surface area contributed by atoms with Gasteiger partial charge in [-0.2, -0.15) is 0 Å². The van der Waals surface area contributed by atoms with Crippen molar-refractivity contribution >= 4 is 0 Å². The second-order valence-electron chi connectivity index (χ2n) is 4.80. The summed E-state index contributed by atoms with van der Waals surface area (Å²) < 4.78 is 0. The average Bonchev–Trinajstić information content (AvgIpc) is 2.29. The number of hydrogen-bond donors (Lipinski definition) is 1. The van der Waals surface area contributed by atoms with Crippen molar-refractivity contribution in [2.45, 2.75) is 65.5 Å². The highest BCUT2D eigenvalue weighted by atomic mass is 15.2. The molecule has 0 bridgehead atoms. The molecule has 0 aromatic carbocycles. The van der Waals surface area contributed by atoms with Crippen molar-refractivity contribution in [1.29, 1.82) is 0 Å². The molecule has 0 aliphatic carbocycles. The molecule has 2 heteroatoms. The summed E-state index contributed by atoms with van der Waals surface area (Å²) >= 11 is 0. The van der Waals surface area contributed by atoms with Crippen molar-refractivity contribution in [2.24, 2.45) is 5.73 Å². The summed E-state index contributed by atoms with van der Waals surface area (Å²) in [5.74, 6) is 0. The highest BCUT2D eigenvalue weighted by Gasteiger charge is 2.34. The zero-order valence-electron chi connectivity index (χ0n) is 11.8. The number of hydrogen-bond acceptors (Lipinski definition) is 2. The molecule has 2 nitrogen and oxygen atoms in total. The first-order chi connectivity index (χ1) is 7.46. The first-order valence-electron chi connectivity index (χ1n) is 6.63. The van der Waals surface area contributed by atoms with Gasteiger partial charge in [0, 0.05) is 11.6 Å². The van der Waals surface area contributed by atoms with Gasteiger partial charge in [-0.3, -0.25) is 4.90 Å². The van der Waals surface area contributed by atoms with Crippen molar-refractivity contribution in [3.05, 3.63) is 12.2 Å². The Morgan fingerprint density at radius 1 is 1.25 bits per heavy atom. The van der Waals surface area contributed by atoms with Crippen LogP contribution in [0.2, 0.25) is 0 Å². The molecule has 2 N–H and O–H groups in total. The number of nitrogens with two attached hydrogens (primary N) is 1. The topological polar surface area (TPSA) is 29.3 Å². The van der Waals surface area contributed by atoms with E-state index in [1.54, 1.807) is 0 Å². The van der Waals surface area contributed by atoms with Crippen molar-refractivity contribution < 1.29 is 0 Å². The molecule has 0 saturated heterocycles. The van der Waals surface area contributed by atoms with Crippen LogP contribution in [0.1, 0.15) is 53.9 Å². The lowest BCUT2D eigenvalue weighted by atomic mass is 9.84. The summed E-state index contributed by atoms with van der Waals surface area (Å²) in [6.45, 7) is 17.3. The van der Waals surface area contributed by atoms with E-state index in [0.717, 1.165) is 32.4 Å². The lowest BCUT2D eigenvalue weighted by Crippen LogP contribution is -2.57. The van der Waals surface area contributed by atoms with Crippen LogP contribution in [-0.4, -0.2) is 29.6 Å². The monoisotopic (exact) mass is 226 g/mol. The average molecular weight is 226 g/mol. The molecule has 16 heavy (non-hydrogen) atoms. The highest BCUT2D eigenvalue weighted by molar-refractivity contribution is 5.03. The van der Waals surface area contributed by atoms with Crippen molar-refractivity contribution in [3.63, 3.8) is 0 Å². The standard InChI is InChI=1S/C14H30N2/c1-7-12(5)11-13(15)14(6,8-2)16(9-3)10-4/h13H,5,7-11,15H2,1-4,6H3. The van der Waals surface area contributed by atoms with Crippen LogP contribution in [0.25, 0.3) is 0 Å². The third-order valence-electron chi connectivity index (χ3n) is 4.01. The van der Waals surface area contributed by atoms with Gasteiger partial charge in [0.2, 0.25) is 0 Å². The van der Waals surface area contributed by atoms with E-state index in [-0.39, 0.29) is 11.6 Å². The van der Waals surface area contributed by atoms with Crippen molar-refractivity contribution in [1.82, 2.24) is 4.90 Å². The van der Waals surface area contributed by atoms with E-state index in [0.29, 0.717) is 0 Å². The Morgan fingerprint density at radius 2 is 1.75 bits per heavy atom. The maximum Gasteiger partial charge on any atom is 0.0332 e. The fourth-order valence-electron chi connectivity index (χ4n) is 2.34. The molecule has 0 radical (unpaired) electrons. The number of likely N-dealkylation sites (N-methyl/N-ethyl adjacent to an activating group) is 1. The van der Waals surface area contributed by atoms with Crippen LogP contribution in [0.15, 0.2) is 12.2 Å². The van der Waals surface area contributed by atoms with Gasteiger partial charge in [-0.05, 0) is 39.3 Å². The van der Waals surface area contributed by atoms with Crippen LogP contribution < -0.4 is 5.73 Å². The van der Waals surface area contributed by atoms with Gasteiger partial charge in [-0.1, -0.05) is 39.8 Å². The van der Waals surface area contributed by atoms with Gasteiger partial charge < -0.3 is 5.73 Å². The van der Waals surface area contributed by atoms with Crippen LogP contribution in [0.4, 0.5) is 0 Å². The molecule has 0 rings (SSSR count). The van der Waals surface area contributed by atoms with Gasteiger partial charge in [0.1, 0.15) is 0 Å². The molecule has 0 aromatic rings. The minimum atomic E-state index is 0.0988. The fraction of sp³-hybridized carbons (Fsp3) is 0.857. The fourth-order valence-corrected chi connectivity index (χ4v) is 2.34. The van der Waals surface area contributed by atoms with Gasteiger partial charge >= 0.3 is 0 Å². The SMILES string of the molecule is C=C(CC)CC(N)C(C)(CC)N(CC)CC. The smallest absolute Gasteiger partial charge is 0.0332 e. The Labute approximate surface area is 102 Å². The van der Waals surface area contributed by atoms with Crippen LogP contribution >= 0.6 is 0 Å². The van der Waals surface area contributed by atoms with E-state index < -0.39 is 0 Å². The molecule has 2 atom stereocenters. The van der Waals surface area contributed by atoms with Crippen LogP contribution in [0, 0.1) is 0 Å². The van der Waals surface area contributed by atoms with E-state index in [2.05, 4.69) is 46.1 Å². The Kier molecular flexibility index (Phi) is 6.93. The van der Waals surface area contributed by atoms with Crippen LogP contribution in [-0.2, 0) is 0 Å². The number of rotatable bonds is 8. The summed E-state index contributed by atoms with van der Waals surface area (Å²) in [6, 6.07) is 0.185. The number of nitrogens with zero attached hydrogens (tertiary/aromatic N) is 1. The third kappa shape index (κ3) is 3.60. The maximum absolute atomic E-state index is 6.39. The van der Waals surface area contributed by atoms with E-state index in [1.165, 1.54) is 5.57 Å². The molecule has 0 aromatic heterocycles. The molecule has 0 spiro atoms. The maximum atomic E-state index is 6.39. The van der Waals surface area contributed by atoms with Crippen molar-refractivity contribution in [2.75, 3.05) is 13.1 Å². The predicted molar refractivity (Wildman–Crippen MR) is 73.6 cm³/mol. The molecule has 0 saturated carbocycles. The van der Waals surface area contributed by atoms with Crippen molar-refractivity contribution in [3.8, 4) is 0 Å². The molecule has 0 fully saturated rings. The Balaban J connectivity index is 4.72. The Morgan fingerprint density at radius 3 is 2.06 bits per heavy atom. The van der Waals surface area contributed by atoms with E-state index in [1.807, 2.05) is 0 Å². The molecule has 96 valence electrons. The predicted octanol–water partition coefficient (Wildman–Crippen LogP) is 3.18.